The third kappa shape index (κ3) is 3.32. The number of hydrogen-bond acceptors (Lipinski definition) is 2. The first-order chi connectivity index (χ1) is 7.99. The van der Waals surface area contributed by atoms with Gasteiger partial charge < -0.3 is 5.32 Å². The van der Waals surface area contributed by atoms with Crippen molar-refractivity contribution in [1.29, 1.82) is 0 Å². The predicted molar refractivity (Wildman–Crippen MR) is 73.7 cm³/mol. The lowest BCUT2D eigenvalue weighted by Gasteiger charge is -2.14. The maximum Gasteiger partial charge on any atom is 0.0631 e. The summed E-state index contributed by atoms with van der Waals surface area (Å²) in [5, 5.41) is 8.14. The van der Waals surface area contributed by atoms with E-state index in [1.807, 2.05) is 0 Å². The molecule has 17 heavy (non-hydrogen) atoms. The average Bonchev–Trinajstić information content (AvgIpc) is 2.54. The van der Waals surface area contributed by atoms with Crippen molar-refractivity contribution < 1.29 is 0 Å². The summed E-state index contributed by atoms with van der Waals surface area (Å²) in [6.45, 7) is 15.3. The molecule has 0 fully saturated rings. The van der Waals surface area contributed by atoms with Gasteiger partial charge in [-0.1, -0.05) is 13.8 Å². The molecule has 0 aliphatic heterocycles. The third-order valence-corrected chi connectivity index (χ3v) is 3.24. The lowest BCUT2D eigenvalue weighted by molar-refractivity contribution is 0.514. The summed E-state index contributed by atoms with van der Waals surface area (Å²) in [4.78, 5) is 0. The van der Waals surface area contributed by atoms with Gasteiger partial charge in [0.05, 0.1) is 5.69 Å². The van der Waals surface area contributed by atoms with Crippen molar-refractivity contribution in [2.24, 2.45) is 0 Å². The Balaban J connectivity index is 2.82. The quantitative estimate of drug-likeness (QED) is 0.770. The Bertz CT molecular complexity index is 353. The van der Waals surface area contributed by atoms with E-state index in [2.05, 4.69) is 56.6 Å². The molecule has 0 amide bonds. The Hall–Kier alpha value is -0.830. The Morgan fingerprint density at radius 2 is 1.88 bits per heavy atom. The number of rotatable bonds is 6. The highest BCUT2D eigenvalue weighted by Crippen LogP contribution is 2.24. The van der Waals surface area contributed by atoms with Gasteiger partial charge in [0.1, 0.15) is 0 Å². The van der Waals surface area contributed by atoms with Gasteiger partial charge in [-0.05, 0) is 46.6 Å². The summed E-state index contributed by atoms with van der Waals surface area (Å²) in [5.74, 6) is 0.536. The van der Waals surface area contributed by atoms with Crippen molar-refractivity contribution in [1.82, 2.24) is 15.1 Å². The number of aryl methyl sites for hydroxylation is 1. The van der Waals surface area contributed by atoms with Crippen LogP contribution in [0, 0.1) is 13.8 Å². The van der Waals surface area contributed by atoms with Crippen LogP contribution < -0.4 is 5.32 Å². The molecule has 1 aromatic rings. The first-order valence-corrected chi connectivity index (χ1v) is 6.75. The topological polar surface area (TPSA) is 29.9 Å². The zero-order valence-corrected chi connectivity index (χ0v) is 12.2. The predicted octanol–water partition coefficient (Wildman–Crippen LogP) is 3.18. The van der Waals surface area contributed by atoms with Gasteiger partial charge in [0.15, 0.2) is 0 Å². The fraction of sp³-hybridized carbons (Fsp3) is 0.786. The molecule has 98 valence electrons. The molecule has 0 bridgehead atoms. The summed E-state index contributed by atoms with van der Waals surface area (Å²) in [6.07, 6.45) is 1.19. The summed E-state index contributed by atoms with van der Waals surface area (Å²) in [6, 6.07) is 0.443. The van der Waals surface area contributed by atoms with E-state index in [4.69, 9.17) is 0 Å². The average molecular weight is 237 g/mol. The number of nitrogens with zero attached hydrogens (tertiary/aromatic N) is 2. The zero-order chi connectivity index (χ0) is 13.0. The van der Waals surface area contributed by atoms with E-state index in [0.29, 0.717) is 12.0 Å². The Morgan fingerprint density at radius 1 is 1.24 bits per heavy atom. The second-order valence-electron chi connectivity index (χ2n) is 5.23. The first kappa shape index (κ1) is 14.2. The molecular formula is C14H27N3. The van der Waals surface area contributed by atoms with Crippen LogP contribution in [-0.2, 0) is 0 Å². The fourth-order valence-corrected chi connectivity index (χ4v) is 2.49. The van der Waals surface area contributed by atoms with E-state index in [1.54, 1.807) is 0 Å². The van der Waals surface area contributed by atoms with Crippen LogP contribution in [0.1, 0.15) is 63.0 Å². The minimum absolute atomic E-state index is 0.443. The Labute approximate surface area is 106 Å². The van der Waals surface area contributed by atoms with Crippen molar-refractivity contribution in [2.75, 3.05) is 13.1 Å². The van der Waals surface area contributed by atoms with Crippen LogP contribution in [0.25, 0.3) is 0 Å². The fourth-order valence-electron chi connectivity index (χ4n) is 2.49. The Morgan fingerprint density at radius 3 is 2.35 bits per heavy atom. The number of hydrogen-bond donors (Lipinski definition) is 1. The van der Waals surface area contributed by atoms with E-state index in [-0.39, 0.29) is 0 Å². The van der Waals surface area contributed by atoms with Crippen LogP contribution in [0.3, 0.4) is 0 Å². The van der Waals surface area contributed by atoms with Gasteiger partial charge in [-0.15, -0.1) is 0 Å². The van der Waals surface area contributed by atoms with E-state index in [0.717, 1.165) is 13.1 Å². The standard InChI is InChI=1S/C14H27N3/c1-7-8-15-9-11(4)14-12(5)16-17(10(2)3)13(14)6/h10-11,15H,7-9H2,1-6H3. The highest BCUT2D eigenvalue weighted by molar-refractivity contribution is 5.28. The van der Waals surface area contributed by atoms with Crippen molar-refractivity contribution >= 4 is 0 Å². The molecule has 1 heterocycles. The van der Waals surface area contributed by atoms with Gasteiger partial charge in [0.2, 0.25) is 0 Å². The molecule has 1 N–H and O–H groups in total. The summed E-state index contributed by atoms with van der Waals surface area (Å²) in [7, 11) is 0. The Kier molecular flexibility index (Phi) is 5.19. The minimum Gasteiger partial charge on any atom is -0.316 e. The highest BCUT2D eigenvalue weighted by Gasteiger charge is 2.18. The molecule has 0 aliphatic carbocycles. The molecular weight excluding hydrogens is 210 g/mol. The largest absolute Gasteiger partial charge is 0.316 e. The molecule has 0 aliphatic rings. The van der Waals surface area contributed by atoms with E-state index in [1.165, 1.54) is 23.4 Å². The van der Waals surface area contributed by atoms with Gasteiger partial charge in [0.25, 0.3) is 0 Å². The van der Waals surface area contributed by atoms with Crippen LogP contribution in [0.2, 0.25) is 0 Å². The van der Waals surface area contributed by atoms with Crippen molar-refractivity contribution in [2.45, 2.75) is 59.9 Å². The van der Waals surface area contributed by atoms with Crippen molar-refractivity contribution in [3.05, 3.63) is 17.0 Å². The smallest absolute Gasteiger partial charge is 0.0631 e. The van der Waals surface area contributed by atoms with Crippen LogP contribution in [0.15, 0.2) is 0 Å². The summed E-state index contributed by atoms with van der Waals surface area (Å²) >= 11 is 0. The first-order valence-electron chi connectivity index (χ1n) is 6.75. The lowest BCUT2D eigenvalue weighted by Crippen LogP contribution is -2.21. The van der Waals surface area contributed by atoms with Gasteiger partial charge in [-0.3, -0.25) is 4.68 Å². The van der Waals surface area contributed by atoms with Gasteiger partial charge in [-0.25, -0.2) is 0 Å². The molecule has 1 atom stereocenters. The second-order valence-corrected chi connectivity index (χ2v) is 5.23. The van der Waals surface area contributed by atoms with Crippen LogP contribution in [0.4, 0.5) is 0 Å². The maximum absolute atomic E-state index is 4.65. The molecule has 0 radical (unpaired) electrons. The monoisotopic (exact) mass is 237 g/mol. The molecule has 1 aromatic heterocycles. The molecule has 1 unspecified atom stereocenters. The van der Waals surface area contributed by atoms with Crippen LogP contribution >= 0.6 is 0 Å². The summed E-state index contributed by atoms with van der Waals surface area (Å²) < 4.78 is 2.14. The molecule has 0 spiro atoms. The van der Waals surface area contributed by atoms with Crippen molar-refractivity contribution in [3.8, 4) is 0 Å². The molecule has 1 rings (SSSR count). The normalized spacial score (nSPS) is 13.4. The maximum atomic E-state index is 4.65. The van der Waals surface area contributed by atoms with Gasteiger partial charge in [0, 0.05) is 23.8 Å². The van der Waals surface area contributed by atoms with Gasteiger partial charge in [-0.2, -0.15) is 5.10 Å². The summed E-state index contributed by atoms with van der Waals surface area (Å²) in [5.41, 5.74) is 3.92. The third-order valence-electron chi connectivity index (χ3n) is 3.24. The SMILES string of the molecule is CCCNCC(C)c1c(C)nn(C(C)C)c1C. The van der Waals surface area contributed by atoms with E-state index in [9.17, 15) is 0 Å². The molecule has 3 nitrogen and oxygen atoms in total. The van der Waals surface area contributed by atoms with Crippen LogP contribution in [0.5, 0.6) is 0 Å². The highest BCUT2D eigenvalue weighted by atomic mass is 15.3. The molecule has 3 heteroatoms. The molecule has 0 saturated heterocycles. The minimum atomic E-state index is 0.443. The number of aromatic nitrogens is 2. The van der Waals surface area contributed by atoms with Crippen LogP contribution in [-0.4, -0.2) is 22.9 Å². The lowest BCUT2D eigenvalue weighted by atomic mass is 9.99. The molecule has 0 aromatic carbocycles. The van der Waals surface area contributed by atoms with Gasteiger partial charge >= 0.3 is 0 Å². The number of nitrogens with one attached hydrogen (secondary N) is 1. The molecule has 0 saturated carbocycles. The second kappa shape index (κ2) is 6.20. The zero-order valence-electron chi connectivity index (χ0n) is 12.2. The van der Waals surface area contributed by atoms with E-state index >= 15 is 0 Å². The van der Waals surface area contributed by atoms with E-state index < -0.39 is 0 Å². The van der Waals surface area contributed by atoms with Crippen molar-refractivity contribution in [3.63, 3.8) is 0 Å².